The van der Waals surface area contributed by atoms with Gasteiger partial charge >= 0.3 is 6.09 Å². The van der Waals surface area contributed by atoms with Crippen LogP contribution in [0.1, 0.15) is 45.6 Å². The van der Waals surface area contributed by atoms with Crippen LogP contribution in [-0.4, -0.2) is 97.3 Å². The average molecular weight is 647 g/mol. The second-order valence-corrected chi connectivity index (χ2v) is 14.7. The smallest absolute Gasteiger partial charge is 0.407 e. The summed E-state index contributed by atoms with van der Waals surface area (Å²) in [5.41, 5.74) is 0.122. The molecule has 246 valence electrons. The van der Waals surface area contributed by atoms with Crippen LogP contribution < -0.4 is 9.47 Å². The third kappa shape index (κ3) is 7.44. The summed E-state index contributed by atoms with van der Waals surface area (Å²) in [4.78, 5) is 25.9. The number of carbonyl (C=O) groups excluding carboxylic acids is 1. The topological polar surface area (TPSA) is 152 Å². The first-order chi connectivity index (χ1) is 21.4. The van der Waals surface area contributed by atoms with Crippen LogP contribution in [0.15, 0.2) is 53.4 Å². The predicted octanol–water partition coefficient (Wildman–Crippen LogP) is 3.52. The zero-order valence-electron chi connectivity index (χ0n) is 25.8. The van der Waals surface area contributed by atoms with Crippen LogP contribution in [0.4, 0.5) is 4.79 Å². The number of hydrogen-bond acceptors (Lipinski definition) is 9. The third-order valence-electron chi connectivity index (χ3n) is 8.80. The number of aliphatic hydroxyl groups excluding tert-OH is 1. The Labute approximate surface area is 263 Å². The lowest BCUT2D eigenvalue weighted by Gasteiger charge is -2.40. The Bertz CT molecular complexity index is 1470. The molecular weight excluding hydrogens is 604 g/mol. The fraction of sp³-hybridized carbons (Fsp3) is 0.562. The van der Waals surface area contributed by atoms with E-state index in [1.165, 1.54) is 22.2 Å². The molecule has 45 heavy (non-hydrogen) atoms. The van der Waals surface area contributed by atoms with Gasteiger partial charge in [0.2, 0.25) is 16.8 Å². The number of para-hydroxylation sites is 1. The van der Waals surface area contributed by atoms with Crippen molar-refractivity contribution < 1.29 is 47.2 Å². The number of carboxylic acid groups (broad SMARTS) is 1. The highest BCUT2D eigenvalue weighted by molar-refractivity contribution is 7.89. The molecule has 0 radical (unpaired) electrons. The Balaban J connectivity index is 1.51. The molecule has 2 saturated heterocycles. The van der Waals surface area contributed by atoms with E-state index in [-0.39, 0.29) is 55.1 Å². The van der Waals surface area contributed by atoms with Crippen molar-refractivity contribution in [2.75, 3.05) is 33.1 Å². The van der Waals surface area contributed by atoms with Gasteiger partial charge in [-0.15, -0.1) is 0 Å². The van der Waals surface area contributed by atoms with Crippen LogP contribution in [0.3, 0.4) is 0 Å². The zero-order valence-corrected chi connectivity index (χ0v) is 26.6. The number of aliphatic hydroxyl groups is 1. The van der Waals surface area contributed by atoms with Crippen LogP contribution in [-0.2, 0) is 30.7 Å². The molecule has 2 aromatic carbocycles. The second-order valence-electron chi connectivity index (χ2n) is 12.8. The molecule has 2 aromatic rings. The molecule has 1 amide bonds. The van der Waals surface area contributed by atoms with E-state index in [1.807, 2.05) is 44.2 Å². The molecule has 0 aliphatic carbocycles. The molecular formula is C32H42N2O10S. The monoisotopic (exact) mass is 646 g/mol. The summed E-state index contributed by atoms with van der Waals surface area (Å²) in [5, 5.41) is 22.5. The Kier molecular flexibility index (Phi) is 10.0. The molecule has 2 N–H and O–H groups in total. The van der Waals surface area contributed by atoms with Gasteiger partial charge in [-0.2, -0.15) is 4.31 Å². The highest BCUT2D eigenvalue weighted by atomic mass is 32.2. The summed E-state index contributed by atoms with van der Waals surface area (Å²) in [5.74, 6) is 0.154. The molecule has 3 aliphatic rings. The molecule has 0 aromatic heterocycles. The Morgan fingerprint density at radius 1 is 1.07 bits per heavy atom. The zero-order chi connectivity index (χ0) is 32.4. The van der Waals surface area contributed by atoms with E-state index < -0.39 is 52.6 Å². The van der Waals surface area contributed by atoms with E-state index in [0.717, 1.165) is 5.56 Å². The van der Waals surface area contributed by atoms with Crippen molar-refractivity contribution in [3.05, 3.63) is 54.1 Å². The van der Waals surface area contributed by atoms with Gasteiger partial charge in [0.1, 0.15) is 10.7 Å². The van der Waals surface area contributed by atoms with Crippen molar-refractivity contribution >= 4 is 21.9 Å². The number of carbonyl (C=O) groups is 2. The molecule has 5 atom stereocenters. The van der Waals surface area contributed by atoms with E-state index >= 15 is 0 Å². The minimum atomic E-state index is -4.31. The summed E-state index contributed by atoms with van der Waals surface area (Å²) in [7, 11) is -4.31. The first kappa shape index (κ1) is 33.1. The lowest BCUT2D eigenvalue weighted by Crippen LogP contribution is -2.58. The molecule has 0 unspecified atom stereocenters. The largest absolute Gasteiger partial charge is 0.465 e. The quantitative estimate of drug-likeness (QED) is 0.312. The summed E-state index contributed by atoms with van der Waals surface area (Å²) < 4.78 is 52.3. The first-order valence-corrected chi connectivity index (χ1v) is 16.7. The number of nitrogens with zero attached hydrogens (tertiary/aromatic N) is 2. The van der Waals surface area contributed by atoms with E-state index in [2.05, 4.69) is 0 Å². The SMILES string of the molecule is CC(=O)CCC(C)(C)CN(C[C@@H](O)[C@H](Cc1ccccc1)N(C(=O)O)[C@H]1CO[C@H]2OCC[C@H]21)S(=O)(=O)c1cccc2c1OCO2. The highest BCUT2D eigenvalue weighted by Crippen LogP contribution is 2.41. The molecule has 13 heteroatoms. The summed E-state index contributed by atoms with van der Waals surface area (Å²) >= 11 is 0. The predicted molar refractivity (Wildman–Crippen MR) is 162 cm³/mol. The van der Waals surface area contributed by atoms with Crippen LogP contribution >= 0.6 is 0 Å². The van der Waals surface area contributed by atoms with Gasteiger partial charge in [0.15, 0.2) is 17.8 Å². The van der Waals surface area contributed by atoms with Gasteiger partial charge in [-0.25, -0.2) is 13.2 Å². The third-order valence-corrected chi connectivity index (χ3v) is 10.6. The summed E-state index contributed by atoms with van der Waals surface area (Å²) in [6, 6.07) is 12.2. The van der Waals surface area contributed by atoms with E-state index in [0.29, 0.717) is 25.2 Å². The number of ketones is 1. The maximum atomic E-state index is 14.4. The fourth-order valence-corrected chi connectivity index (χ4v) is 8.22. The molecule has 3 heterocycles. The van der Waals surface area contributed by atoms with Gasteiger partial charge < -0.3 is 34.0 Å². The average Bonchev–Trinajstić information content (AvgIpc) is 3.74. The van der Waals surface area contributed by atoms with Crippen LogP contribution in [0.25, 0.3) is 0 Å². The number of fused-ring (bicyclic) bond motifs is 2. The lowest BCUT2D eigenvalue weighted by atomic mass is 9.87. The highest BCUT2D eigenvalue weighted by Gasteiger charge is 2.49. The standard InChI is InChI=1S/C32H42N2O10S/c1-21(35)12-14-32(2,3)19-33(45(39,40)28-11-7-10-27-29(28)44-20-43-27)17-26(36)24(16-22-8-5-4-6-9-22)34(31(37)38)25-18-42-30-23(25)13-15-41-30/h4-11,23-26,30,36H,12-20H2,1-3H3,(H,37,38)/t23-,24-,25-,26+,30+/m0/s1. The number of Topliss-reactive ketones (excluding diaryl/α,β-unsaturated/α-hetero) is 1. The normalized spacial score (nSPS) is 22.3. The van der Waals surface area contributed by atoms with E-state index in [4.69, 9.17) is 18.9 Å². The summed E-state index contributed by atoms with van der Waals surface area (Å²) in [6.45, 7) is 5.18. The number of rotatable bonds is 14. The number of sulfonamides is 1. The van der Waals surface area contributed by atoms with Gasteiger partial charge in [0.05, 0.1) is 31.4 Å². The van der Waals surface area contributed by atoms with Crippen molar-refractivity contribution in [2.45, 2.75) is 75.8 Å². The lowest BCUT2D eigenvalue weighted by molar-refractivity contribution is -0.117. The van der Waals surface area contributed by atoms with Crippen LogP contribution in [0.5, 0.6) is 11.5 Å². The molecule has 3 aliphatic heterocycles. The molecule has 5 rings (SSSR count). The van der Waals surface area contributed by atoms with Gasteiger partial charge in [0, 0.05) is 25.4 Å². The first-order valence-electron chi connectivity index (χ1n) is 15.2. The van der Waals surface area contributed by atoms with E-state index in [9.17, 15) is 28.2 Å². The minimum Gasteiger partial charge on any atom is -0.465 e. The maximum Gasteiger partial charge on any atom is 0.407 e. The Morgan fingerprint density at radius 3 is 2.53 bits per heavy atom. The molecule has 12 nitrogen and oxygen atoms in total. The number of ether oxygens (including phenoxy) is 4. The number of amides is 1. The van der Waals surface area contributed by atoms with Gasteiger partial charge in [0.25, 0.3) is 0 Å². The van der Waals surface area contributed by atoms with E-state index in [1.54, 1.807) is 12.1 Å². The maximum absolute atomic E-state index is 14.4. The summed E-state index contributed by atoms with van der Waals surface area (Å²) in [6.07, 6.45) is -1.77. The second kappa shape index (κ2) is 13.6. The number of hydrogen-bond donors (Lipinski definition) is 2. The van der Waals surface area contributed by atoms with Crippen molar-refractivity contribution in [3.63, 3.8) is 0 Å². The van der Waals surface area contributed by atoms with Gasteiger partial charge in [-0.05, 0) is 49.3 Å². The van der Waals surface area contributed by atoms with Gasteiger partial charge in [-0.3, -0.25) is 4.90 Å². The van der Waals surface area contributed by atoms with Crippen LogP contribution in [0, 0.1) is 11.3 Å². The molecule has 0 spiro atoms. The van der Waals surface area contributed by atoms with Crippen LogP contribution in [0.2, 0.25) is 0 Å². The Hall–Kier alpha value is -3.23. The van der Waals surface area contributed by atoms with Crippen molar-refractivity contribution in [2.24, 2.45) is 11.3 Å². The molecule has 0 bridgehead atoms. The molecule has 0 saturated carbocycles. The number of benzene rings is 2. The van der Waals surface area contributed by atoms with Crippen molar-refractivity contribution in [3.8, 4) is 11.5 Å². The van der Waals surface area contributed by atoms with Gasteiger partial charge in [-0.1, -0.05) is 50.2 Å². The fourth-order valence-electron chi connectivity index (χ4n) is 6.43. The molecule has 2 fully saturated rings. The van der Waals surface area contributed by atoms with Crippen molar-refractivity contribution in [1.82, 2.24) is 9.21 Å². The van der Waals surface area contributed by atoms with Crippen molar-refractivity contribution in [1.29, 1.82) is 0 Å². The Morgan fingerprint density at radius 2 is 1.82 bits per heavy atom. The minimum absolute atomic E-state index is 0.0167.